The van der Waals surface area contributed by atoms with Crippen LogP contribution in [0.2, 0.25) is 0 Å². The van der Waals surface area contributed by atoms with Crippen LogP contribution in [0.1, 0.15) is 56.7 Å². The quantitative estimate of drug-likeness (QED) is 0.828. The number of hydrogen-bond acceptors (Lipinski definition) is 3. The topological polar surface area (TPSA) is 33.1 Å². The average Bonchev–Trinajstić information content (AvgIpc) is 2.72. The maximum atomic E-state index is 10.7. The van der Waals surface area contributed by atoms with E-state index in [1.807, 2.05) is 11.7 Å². The van der Waals surface area contributed by atoms with E-state index in [2.05, 4.69) is 11.9 Å². The summed E-state index contributed by atoms with van der Waals surface area (Å²) in [6.45, 7) is 2.26. The smallest absolute Gasteiger partial charge is 0.0794 e. The van der Waals surface area contributed by atoms with Crippen molar-refractivity contribution in [2.45, 2.75) is 63.9 Å². The highest BCUT2D eigenvalue weighted by Gasteiger charge is 2.31. The largest absolute Gasteiger partial charge is 0.390 e. The van der Waals surface area contributed by atoms with E-state index < -0.39 is 5.60 Å². The van der Waals surface area contributed by atoms with Crippen molar-refractivity contribution in [2.24, 2.45) is 5.92 Å². The molecular formula is C14H23NOS. The predicted molar refractivity (Wildman–Crippen MR) is 72.3 cm³/mol. The highest BCUT2D eigenvalue weighted by Crippen LogP contribution is 2.35. The van der Waals surface area contributed by atoms with Gasteiger partial charge in [0.25, 0.3) is 0 Å². The number of thiazole rings is 1. The minimum atomic E-state index is -0.463. The van der Waals surface area contributed by atoms with Crippen molar-refractivity contribution in [2.75, 3.05) is 0 Å². The first-order valence-corrected chi connectivity index (χ1v) is 7.69. The summed E-state index contributed by atoms with van der Waals surface area (Å²) in [4.78, 5) is 5.32. The van der Waals surface area contributed by atoms with Crippen molar-refractivity contribution in [1.29, 1.82) is 0 Å². The van der Waals surface area contributed by atoms with Crippen LogP contribution in [0.15, 0.2) is 11.7 Å². The Morgan fingerprint density at radius 2 is 2.35 bits per heavy atom. The Balaban J connectivity index is 1.92. The molecule has 0 radical (unpaired) electrons. The Morgan fingerprint density at radius 3 is 3.06 bits per heavy atom. The first kappa shape index (κ1) is 13.0. The van der Waals surface area contributed by atoms with Gasteiger partial charge in [-0.25, -0.2) is 0 Å². The number of aromatic nitrogens is 1. The molecule has 96 valence electrons. The van der Waals surface area contributed by atoms with Gasteiger partial charge in [-0.15, -0.1) is 11.3 Å². The summed E-state index contributed by atoms with van der Waals surface area (Å²) >= 11 is 1.66. The van der Waals surface area contributed by atoms with Crippen LogP contribution >= 0.6 is 11.3 Å². The van der Waals surface area contributed by atoms with Crippen LogP contribution in [0.25, 0.3) is 0 Å². The Bertz CT molecular complexity index is 325. The third kappa shape index (κ3) is 3.78. The number of nitrogens with zero attached hydrogens (tertiary/aromatic N) is 1. The summed E-state index contributed by atoms with van der Waals surface area (Å²) < 4.78 is 0. The van der Waals surface area contributed by atoms with E-state index in [0.29, 0.717) is 0 Å². The zero-order valence-corrected chi connectivity index (χ0v) is 11.5. The Hall–Kier alpha value is -0.410. The monoisotopic (exact) mass is 253 g/mol. The van der Waals surface area contributed by atoms with Crippen LogP contribution in [-0.4, -0.2) is 15.7 Å². The fourth-order valence-electron chi connectivity index (χ4n) is 2.99. The van der Waals surface area contributed by atoms with Gasteiger partial charge in [0.05, 0.1) is 11.1 Å². The third-order valence-electron chi connectivity index (χ3n) is 3.96. The van der Waals surface area contributed by atoms with E-state index in [4.69, 9.17) is 0 Å². The first-order valence-electron chi connectivity index (χ1n) is 6.81. The van der Waals surface area contributed by atoms with Crippen LogP contribution in [0.4, 0.5) is 0 Å². The second-order valence-corrected chi connectivity index (χ2v) is 6.43. The van der Waals surface area contributed by atoms with Crippen molar-refractivity contribution >= 4 is 11.3 Å². The lowest BCUT2D eigenvalue weighted by atomic mass is 9.89. The summed E-state index contributed by atoms with van der Waals surface area (Å²) in [6, 6.07) is 0. The molecule has 1 aliphatic carbocycles. The van der Waals surface area contributed by atoms with Gasteiger partial charge in [0, 0.05) is 17.5 Å². The second kappa shape index (κ2) is 5.96. The molecule has 1 fully saturated rings. The van der Waals surface area contributed by atoms with Crippen molar-refractivity contribution in [3.8, 4) is 0 Å². The van der Waals surface area contributed by atoms with Crippen LogP contribution in [-0.2, 0) is 6.42 Å². The summed E-state index contributed by atoms with van der Waals surface area (Å²) in [5.74, 6) is 0.843. The fourth-order valence-corrected chi connectivity index (χ4v) is 3.72. The normalized spacial score (nSPS) is 30.1. The van der Waals surface area contributed by atoms with E-state index in [1.165, 1.54) is 37.0 Å². The van der Waals surface area contributed by atoms with Gasteiger partial charge in [0.1, 0.15) is 0 Å². The van der Waals surface area contributed by atoms with Gasteiger partial charge in [-0.2, -0.15) is 0 Å². The van der Waals surface area contributed by atoms with Crippen molar-refractivity contribution in [3.05, 3.63) is 16.6 Å². The molecule has 2 atom stereocenters. The lowest BCUT2D eigenvalue weighted by Gasteiger charge is -2.26. The molecule has 3 heteroatoms. The van der Waals surface area contributed by atoms with Crippen molar-refractivity contribution < 1.29 is 5.11 Å². The Labute approximate surface area is 108 Å². The van der Waals surface area contributed by atoms with Gasteiger partial charge < -0.3 is 5.11 Å². The summed E-state index contributed by atoms with van der Waals surface area (Å²) in [7, 11) is 0. The standard InChI is InChI=1S/C14H23NOS/c1-2-4-12-5-3-7-14(16,8-6-12)9-13-10-15-11-17-13/h10-12,16H,2-9H2,1H3. The second-order valence-electron chi connectivity index (χ2n) is 5.45. The number of rotatable bonds is 4. The van der Waals surface area contributed by atoms with Crippen LogP contribution in [0.3, 0.4) is 0 Å². The molecule has 2 unspecified atom stereocenters. The molecule has 0 saturated heterocycles. The zero-order valence-electron chi connectivity index (χ0n) is 10.7. The Kier molecular flexibility index (Phi) is 4.57. The van der Waals surface area contributed by atoms with Crippen molar-refractivity contribution in [3.63, 3.8) is 0 Å². The van der Waals surface area contributed by atoms with E-state index in [9.17, 15) is 5.11 Å². The highest BCUT2D eigenvalue weighted by atomic mass is 32.1. The first-order chi connectivity index (χ1) is 8.22. The predicted octanol–water partition coefficient (Wildman–Crippen LogP) is 3.80. The van der Waals surface area contributed by atoms with E-state index in [0.717, 1.165) is 25.2 Å². The molecule has 2 nitrogen and oxygen atoms in total. The van der Waals surface area contributed by atoms with Gasteiger partial charge in [-0.05, 0) is 25.2 Å². The highest BCUT2D eigenvalue weighted by molar-refractivity contribution is 7.09. The third-order valence-corrected chi connectivity index (χ3v) is 4.74. The van der Waals surface area contributed by atoms with E-state index in [1.54, 1.807) is 11.3 Å². The lowest BCUT2D eigenvalue weighted by molar-refractivity contribution is 0.0248. The average molecular weight is 253 g/mol. The molecule has 1 saturated carbocycles. The molecule has 2 rings (SSSR count). The summed E-state index contributed by atoms with van der Waals surface area (Å²) in [6.07, 6.45) is 10.9. The lowest BCUT2D eigenvalue weighted by Crippen LogP contribution is -2.30. The fraction of sp³-hybridized carbons (Fsp3) is 0.786. The van der Waals surface area contributed by atoms with Crippen LogP contribution in [0, 0.1) is 5.92 Å². The minimum absolute atomic E-state index is 0.463. The maximum Gasteiger partial charge on any atom is 0.0794 e. The molecule has 17 heavy (non-hydrogen) atoms. The van der Waals surface area contributed by atoms with Gasteiger partial charge in [-0.3, -0.25) is 4.98 Å². The molecular weight excluding hydrogens is 230 g/mol. The van der Waals surface area contributed by atoms with Gasteiger partial charge >= 0.3 is 0 Å². The molecule has 0 spiro atoms. The van der Waals surface area contributed by atoms with E-state index in [-0.39, 0.29) is 0 Å². The van der Waals surface area contributed by atoms with E-state index >= 15 is 0 Å². The van der Waals surface area contributed by atoms with Crippen LogP contribution in [0.5, 0.6) is 0 Å². The summed E-state index contributed by atoms with van der Waals surface area (Å²) in [5, 5.41) is 10.7. The van der Waals surface area contributed by atoms with Crippen LogP contribution < -0.4 is 0 Å². The SMILES string of the molecule is CCCC1CCCC(O)(Cc2cncs2)CC1. The van der Waals surface area contributed by atoms with Gasteiger partial charge in [0.15, 0.2) is 0 Å². The molecule has 0 amide bonds. The van der Waals surface area contributed by atoms with Crippen molar-refractivity contribution in [1.82, 2.24) is 4.98 Å². The molecule has 1 N–H and O–H groups in total. The number of aliphatic hydroxyl groups is 1. The molecule has 0 aliphatic heterocycles. The molecule has 1 aromatic rings. The minimum Gasteiger partial charge on any atom is -0.390 e. The van der Waals surface area contributed by atoms with Gasteiger partial charge in [0.2, 0.25) is 0 Å². The molecule has 0 aromatic carbocycles. The zero-order chi connectivity index (χ0) is 12.1. The molecule has 1 aromatic heterocycles. The Morgan fingerprint density at radius 1 is 1.47 bits per heavy atom. The molecule has 1 aliphatic rings. The number of hydrogen-bond donors (Lipinski definition) is 1. The van der Waals surface area contributed by atoms with Gasteiger partial charge in [-0.1, -0.05) is 32.6 Å². The molecule has 0 bridgehead atoms. The summed E-state index contributed by atoms with van der Waals surface area (Å²) in [5.41, 5.74) is 1.39. The molecule has 1 heterocycles. The maximum absolute atomic E-state index is 10.7.